The summed E-state index contributed by atoms with van der Waals surface area (Å²) >= 11 is 5.96. The van der Waals surface area contributed by atoms with Crippen LogP contribution in [0.2, 0.25) is 5.02 Å². The third-order valence-electron chi connectivity index (χ3n) is 5.14. The Morgan fingerprint density at radius 3 is 2.65 bits per heavy atom. The van der Waals surface area contributed by atoms with Gasteiger partial charge in [0.2, 0.25) is 0 Å². The van der Waals surface area contributed by atoms with Crippen molar-refractivity contribution < 1.29 is 18.7 Å². The molecule has 1 aromatic heterocycles. The fourth-order valence-corrected chi connectivity index (χ4v) is 3.50. The molecule has 178 valence electrons. The van der Waals surface area contributed by atoms with E-state index in [0.717, 1.165) is 18.3 Å². The molecule has 2 heterocycles. The summed E-state index contributed by atoms with van der Waals surface area (Å²) in [6.07, 6.45) is 0.780. The fourth-order valence-electron chi connectivity index (χ4n) is 3.29. The monoisotopic (exact) mass is 486 g/mol. The van der Waals surface area contributed by atoms with Gasteiger partial charge in [0, 0.05) is 24.3 Å². The minimum Gasteiger partial charge on any atom is -0.358 e. The second kappa shape index (κ2) is 10.2. The fraction of sp³-hybridized carbons (Fsp3) is 0.261. The van der Waals surface area contributed by atoms with Crippen molar-refractivity contribution in [3.05, 3.63) is 76.6 Å². The van der Waals surface area contributed by atoms with Crippen LogP contribution in [0.15, 0.2) is 48.8 Å². The molecule has 1 saturated heterocycles. The molecule has 0 spiro atoms. The Hall–Kier alpha value is -3.47. The standard InChI is InChI=1S/C23H24ClFN6O3/c1-31(2)10-9-26-22(33)19-18(27-12-28-19)20-23(34-20)29-15-6-3-13(4-7-15)21(32)30-17-8-5-14(25)11-16(17)24/h3-8,11-12,20,23,29H,9-10H2,1-2H3,(H,26,33)(H,27,28)(H,30,32). The van der Waals surface area contributed by atoms with Crippen LogP contribution in [-0.2, 0) is 4.74 Å². The summed E-state index contributed by atoms with van der Waals surface area (Å²) in [5.41, 5.74) is 2.38. The van der Waals surface area contributed by atoms with Crippen molar-refractivity contribution in [2.75, 3.05) is 37.8 Å². The van der Waals surface area contributed by atoms with E-state index in [0.29, 0.717) is 29.2 Å². The average molecular weight is 487 g/mol. The summed E-state index contributed by atoms with van der Waals surface area (Å²) in [4.78, 5) is 34.0. The third kappa shape index (κ3) is 5.71. The first kappa shape index (κ1) is 23.7. The summed E-state index contributed by atoms with van der Waals surface area (Å²) < 4.78 is 18.9. The number of amides is 2. The third-order valence-corrected chi connectivity index (χ3v) is 5.45. The van der Waals surface area contributed by atoms with Crippen LogP contribution in [0.4, 0.5) is 15.8 Å². The van der Waals surface area contributed by atoms with Crippen molar-refractivity contribution >= 4 is 34.8 Å². The summed E-state index contributed by atoms with van der Waals surface area (Å²) in [7, 11) is 3.86. The van der Waals surface area contributed by atoms with Crippen molar-refractivity contribution in [2.45, 2.75) is 12.3 Å². The van der Waals surface area contributed by atoms with Crippen LogP contribution in [0.5, 0.6) is 0 Å². The lowest BCUT2D eigenvalue weighted by molar-refractivity contribution is 0.0944. The minimum absolute atomic E-state index is 0.119. The number of imidazole rings is 1. The highest BCUT2D eigenvalue weighted by molar-refractivity contribution is 6.33. The molecule has 3 aromatic rings. The number of nitrogens with zero attached hydrogens (tertiary/aromatic N) is 2. The normalized spacial score (nSPS) is 16.9. The Morgan fingerprint density at radius 1 is 1.18 bits per heavy atom. The average Bonchev–Trinajstić information content (AvgIpc) is 3.37. The summed E-state index contributed by atoms with van der Waals surface area (Å²) in [6.45, 7) is 1.24. The number of H-pyrrole nitrogens is 1. The number of carbonyl (C=O) groups excluding carboxylic acids is 2. The first-order valence-corrected chi connectivity index (χ1v) is 10.9. The lowest BCUT2D eigenvalue weighted by Gasteiger charge is -2.10. The van der Waals surface area contributed by atoms with Crippen molar-refractivity contribution in [3.8, 4) is 0 Å². The second-order valence-electron chi connectivity index (χ2n) is 8.00. The molecule has 11 heteroatoms. The molecule has 2 unspecified atom stereocenters. The highest BCUT2D eigenvalue weighted by Crippen LogP contribution is 2.39. The number of anilines is 2. The number of halogens is 2. The number of aromatic amines is 1. The van der Waals surface area contributed by atoms with Crippen LogP contribution in [0, 0.1) is 5.82 Å². The largest absolute Gasteiger partial charge is 0.358 e. The van der Waals surface area contributed by atoms with E-state index in [1.165, 1.54) is 18.5 Å². The lowest BCUT2D eigenvalue weighted by Crippen LogP contribution is -2.32. The number of epoxide rings is 1. The van der Waals surface area contributed by atoms with E-state index in [9.17, 15) is 14.0 Å². The van der Waals surface area contributed by atoms with Gasteiger partial charge in [-0.1, -0.05) is 11.6 Å². The molecule has 1 fully saturated rings. The van der Waals surface area contributed by atoms with Gasteiger partial charge >= 0.3 is 0 Å². The number of hydrogen-bond acceptors (Lipinski definition) is 6. The topological polar surface area (TPSA) is 115 Å². The summed E-state index contributed by atoms with van der Waals surface area (Å²) in [6, 6.07) is 10.5. The minimum atomic E-state index is -0.480. The van der Waals surface area contributed by atoms with Gasteiger partial charge in [-0.3, -0.25) is 9.59 Å². The molecule has 2 aromatic carbocycles. The number of ether oxygens (including phenoxy) is 1. The highest BCUT2D eigenvalue weighted by Gasteiger charge is 2.44. The van der Waals surface area contributed by atoms with Gasteiger partial charge in [0.1, 0.15) is 11.9 Å². The molecule has 4 N–H and O–H groups in total. The van der Waals surface area contributed by atoms with Gasteiger partial charge in [-0.05, 0) is 56.6 Å². The van der Waals surface area contributed by atoms with Gasteiger partial charge in [-0.25, -0.2) is 9.37 Å². The van der Waals surface area contributed by atoms with Crippen LogP contribution < -0.4 is 16.0 Å². The van der Waals surface area contributed by atoms with E-state index in [1.54, 1.807) is 24.3 Å². The van der Waals surface area contributed by atoms with Gasteiger partial charge in [0.15, 0.2) is 11.9 Å². The maximum atomic E-state index is 13.2. The zero-order valence-corrected chi connectivity index (χ0v) is 19.3. The molecule has 2 amide bonds. The van der Waals surface area contributed by atoms with E-state index >= 15 is 0 Å². The van der Waals surface area contributed by atoms with Crippen LogP contribution in [-0.4, -0.2) is 60.1 Å². The quantitative estimate of drug-likeness (QED) is 0.345. The number of nitrogens with one attached hydrogen (secondary N) is 4. The molecule has 0 radical (unpaired) electrons. The first-order chi connectivity index (χ1) is 16.3. The molecule has 1 aliphatic rings. The van der Waals surface area contributed by atoms with E-state index < -0.39 is 5.82 Å². The van der Waals surface area contributed by atoms with Crippen LogP contribution in [0.3, 0.4) is 0 Å². The molecule has 2 atom stereocenters. The Bertz CT molecular complexity index is 1180. The lowest BCUT2D eigenvalue weighted by atomic mass is 10.1. The van der Waals surface area contributed by atoms with E-state index in [1.807, 2.05) is 19.0 Å². The predicted molar refractivity (Wildman–Crippen MR) is 127 cm³/mol. The zero-order valence-electron chi connectivity index (χ0n) is 18.6. The number of carbonyl (C=O) groups is 2. The Kier molecular flexibility index (Phi) is 7.11. The highest BCUT2D eigenvalue weighted by atomic mass is 35.5. The molecular formula is C23H24ClFN6O3. The molecular weight excluding hydrogens is 463 g/mol. The van der Waals surface area contributed by atoms with Crippen LogP contribution >= 0.6 is 11.6 Å². The maximum absolute atomic E-state index is 13.2. The number of benzene rings is 2. The molecule has 0 saturated carbocycles. The molecule has 9 nitrogen and oxygen atoms in total. The summed E-state index contributed by atoms with van der Waals surface area (Å²) in [5.74, 6) is -1.11. The van der Waals surface area contributed by atoms with Crippen molar-refractivity contribution in [3.63, 3.8) is 0 Å². The Labute approximate surface area is 200 Å². The molecule has 0 aliphatic carbocycles. The van der Waals surface area contributed by atoms with Crippen LogP contribution in [0.25, 0.3) is 0 Å². The maximum Gasteiger partial charge on any atom is 0.271 e. The van der Waals surface area contributed by atoms with E-state index in [2.05, 4.69) is 25.9 Å². The molecule has 1 aliphatic heterocycles. The molecule has 0 bridgehead atoms. The molecule has 34 heavy (non-hydrogen) atoms. The van der Waals surface area contributed by atoms with Gasteiger partial charge in [0.25, 0.3) is 11.8 Å². The molecule has 4 rings (SSSR count). The number of aromatic nitrogens is 2. The smallest absolute Gasteiger partial charge is 0.271 e. The Morgan fingerprint density at radius 2 is 1.94 bits per heavy atom. The van der Waals surface area contributed by atoms with Crippen LogP contribution in [0.1, 0.15) is 32.6 Å². The number of hydrogen-bond donors (Lipinski definition) is 4. The van der Waals surface area contributed by atoms with Gasteiger partial charge in [-0.15, -0.1) is 0 Å². The van der Waals surface area contributed by atoms with E-state index in [4.69, 9.17) is 16.3 Å². The predicted octanol–water partition coefficient (Wildman–Crippen LogP) is 3.26. The van der Waals surface area contributed by atoms with Gasteiger partial charge < -0.3 is 30.6 Å². The Balaban J connectivity index is 1.32. The summed E-state index contributed by atoms with van der Waals surface area (Å²) in [5, 5.41) is 8.82. The van der Waals surface area contributed by atoms with Gasteiger partial charge in [-0.2, -0.15) is 0 Å². The number of rotatable bonds is 9. The second-order valence-corrected chi connectivity index (χ2v) is 8.41. The van der Waals surface area contributed by atoms with Gasteiger partial charge in [0.05, 0.1) is 22.7 Å². The number of likely N-dealkylation sites (N-methyl/N-ethyl adjacent to an activating group) is 1. The SMILES string of the molecule is CN(C)CCNC(=O)c1nc[nH]c1C1OC1Nc1ccc(C(=O)Nc2ccc(F)cc2Cl)cc1. The van der Waals surface area contributed by atoms with Crippen molar-refractivity contribution in [2.24, 2.45) is 0 Å². The zero-order chi connectivity index (χ0) is 24.2. The first-order valence-electron chi connectivity index (χ1n) is 10.6. The van der Waals surface area contributed by atoms with Crippen molar-refractivity contribution in [1.29, 1.82) is 0 Å². The van der Waals surface area contributed by atoms with E-state index in [-0.39, 0.29) is 29.2 Å². The van der Waals surface area contributed by atoms with Crippen molar-refractivity contribution in [1.82, 2.24) is 20.2 Å².